The molecule has 0 bridgehead atoms. The zero-order valence-electron chi connectivity index (χ0n) is 14.2. The maximum absolute atomic E-state index is 12.4. The number of carbonyl (C=O) groups is 1. The molecule has 0 saturated heterocycles. The first-order valence-electron chi connectivity index (χ1n) is 8.20. The summed E-state index contributed by atoms with van der Waals surface area (Å²) in [7, 11) is 0. The number of hydrazone groups is 1. The first-order valence-corrected chi connectivity index (χ1v) is 9.02. The van der Waals surface area contributed by atoms with Gasteiger partial charge in [-0.15, -0.1) is 11.3 Å². The van der Waals surface area contributed by atoms with Crippen LogP contribution in [0.5, 0.6) is 0 Å². The molecule has 0 atom stereocenters. The minimum atomic E-state index is -0.357. The molecule has 0 aliphatic heterocycles. The van der Waals surface area contributed by atoms with Crippen LogP contribution in [0.1, 0.15) is 15.4 Å². The topological polar surface area (TPSA) is 93.3 Å². The largest absolute Gasteiger partial charge is 0.397 e. The van der Waals surface area contributed by atoms with Gasteiger partial charge in [0.1, 0.15) is 10.6 Å². The lowest BCUT2D eigenvalue weighted by Crippen LogP contribution is -2.17. The van der Waals surface area contributed by atoms with Gasteiger partial charge in [0, 0.05) is 4.88 Å². The Hall–Kier alpha value is -3.58. The van der Waals surface area contributed by atoms with Crippen LogP contribution in [0.15, 0.2) is 72.0 Å². The summed E-state index contributed by atoms with van der Waals surface area (Å²) in [6.07, 6.45) is 3.06. The van der Waals surface area contributed by atoms with E-state index in [0.717, 1.165) is 21.5 Å². The van der Waals surface area contributed by atoms with Gasteiger partial charge in [0.2, 0.25) is 0 Å². The van der Waals surface area contributed by atoms with Crippen molar-refractivity contribution >= 4 is 40.2 Å². The predicted molar refractivity (Wildman–Crippen MR) is 109 cm³/mol. The third-order valence-corrected chi connectivity index (χ3v) is 5.05. The van der Waals surface area contributed by atoms with Crippen molar-refractivity contribution in [2.75, 3.05) is 5.73 Å². The van der Waals surface area contributed by atoms with E-state index in [9.17, 15) is 4.79 Å². The van der Waals surface area contributed by atoms with E-state index in [4.69, 9.17) is 5.73 Å². The van der Waals surface area contributed by atoms with Gasteiger partial charge in [-0.25, -0.2) is 10.4 Å². The molecule has 2 aromatic heterocycles. The van der Waals surface area contributed by atoms with Crippen LogP contribution < -0.4 is 11.2 Å². The quantitative estimate of drug-likeness (QED) is 0.421. The number of nitrogens with zero attached hydrogens (tertiary/aromatic N) is 3. The molecular formula is C20H15N5OS. The van der Waals surface area contributed by atoms with E-state index >= 15 is 0 Å². The molecule has 0 saturated carbocycles. The molecule has 27 heavy (non-hydrogen) atoms. The van der Waals surface area contributed by atoms with Crippen LogP contribution in [0.4, 0.5) is 5.69 Å². The molecule has 4 aromatic rings. The van der Waals surface area contributed by atoms with Crippen molar-refractivity contribution in [1.82, 2.24) is 15.4 Å². The van der Waals surface area contributed by atoms with Gasteiger partial charge in [-0.2, -0.15) is 5.10 Å². The number of hydrogen-bond donors (Lipinski definition) is 2. The molecule has 2 heterocycles. The zero-order chi connectivity index (χ0) is 18.6. The number of fused-ring (bicyclic) bond motifs is 1. The van der Waals surface area contributed by atoms with Gasteiger partial charge >= 0.3 is 0 Å². The molecule has 3 N–H and O–H groups in total. The van der Waals surface area contributed by atoms with Crippen LogP contribution >= 0.6 is 11.3 Å². The number of amides is 1. The minimum absolute atomic E-state index is 0.357. The number of carbonyl (C=O) groups excluding carboxylic acids is 1. The molecule has 0 fully saturated rings. The fraction of sp³-hybridized carbons (Fsp3) is 0. The van der Waals surface area contributed by atoms with Gasteiger partial charge in [0.25, 0.3) is 5.91 Å². The Kier molecular flexibility index (Phi) is 4.59. The van der Waals surface area contributed by atoms with Crippen molar-refractivity contribution in [2.24, 2.45) is 5.10 Å². The standard InChI is InChI=1S/C20H15N5OS/c21-15-10-18(13-6-2-1-3-7-13)27-19(15)20(26)25-23-12-14-11-22-16-8-4-5-9-17(16)24-14/h1-12H,21H2,(H,25,26)/b23-12-. The number of anilines is 1. The molecule has 132 valence electrons. The Bertz CT molecular complexity index is 1140. The molecule has 0 aliphatic rings. The van der Waals surface area contributed by atoms with Crippen molar-refractivity contribution in [3.8, 4) is 10.4 Å². The average Bonchev–Trinajstić information content (AvgIpc) is 3.10. The zero-order valence-corrected chi connectivity index (χ0v) is 15.0. The summed E-state index contributed by atoms with van der Waals surface area (Å²) in [4.78, 5) is 22.5. The van der Waals surface area contributed by atoms with Crippen molar-refractivity contribution in [2.45, 2.75) is 0 Å². The number of hydrogen-bond acceptors (Lipinski definition) is 6. The van der Waals surface area contributed by atoms with E-state index in [1.807, 2.05) is 54.6 Å². The molecule has 0 aliphatic carbocycles. The van der Waals surface area contributed by atoms with Crippen LogP contribution in [0.2, 0.25) is 0 Å². The lowest BCUT2D eigenvalue weighted by Gasteiger charge is -1.99. The lowest BCUT2D eigenvalue weighted by atomic mass is 10.2. The van der Waals surface area contributed by atoms with Crippen LogP contribution in [0.3, 0.4) is 0 Å². The monoisotopic (exact) mass is 373 g/mol. The molecule has 4 rings (SSSR count). The van der Waals surface area contributed by atoms with Gasteiger partial charge in [-0.1, -0.05) is 42.5 Å². The fourth-order valence-corrected chi connectivity index (χ4v) is 3.54. The summed E-state index contributed by atoms with van der Waals surface area (Å²) in [5, 5.41) is 3.97. The second kappa shape index (κ2) is 7.35. The van der Waals surface area contributed by atoms with E-state index in [1.165, 1.54) is 17.6 Å². The maximum Gasteiger partial charge on any atom is 0.283 e. The Balaban J connectivity index is 1.49. The number of para-hydroxylation sites is 2. The third kappa shape index (κ3) is 3.68. The number of aromatic nitrogens is 2. The minimum Gasteiger partial charge on any atom is -0.397 e. The first-order chi connectivity index (χ1) is 13.2. The summed E-state index contributed by atoms with van der Waals surface area (Å²) in [6.45, 7) is 0. The molecule has 1 amide bonds. The summed E-state index contributed by atoms with van der Waals surface area (Å²) >= 11 is 1.33. The third-order valence-electron chi connectivity index (χ3n) is 3.86. The van der Waals surface area contributed by atoms with Crippen LogP contribution in [0, 0.1) is 0 Å². The van der Waals surface area contributed by atoms with Gasteiger partial charge in [0.15, 0.2) is 0 Å². The molecule has 6 nitrogen and oxygen atoms in total. The highest BCUT2D eigenvalue weighted by Gasteiger charge is 2.14. The normalized spacial score (nSPS) is 11.1. The second-order valence-corrected chi connectivity index (χ2v) is 6.80. The van der Waals surface area contributed by atoms with Crippen LogP contribution in [-0.2, 0) is 0 Å². The van der Waals surface area contributed by atoms with Crippen molar-refractivity contribution in [3.63, 3.8) is 0 Å². The second-order valence-electron chi connectivity index (χ2n) is 5.74. The predicted octanol–water partition coefficient (Wildman–Crippen LogP) is 3.70. The number of nitrogens with two attached hydrogens (primary N) is 1. The maximum atomic E-state index is 12.4. The van der Waals surface area contributed by atoms with Crippen LogP contribution in [0.25, 0.3) is 21.5 Å². The van der Waals surface area contributed by atoms with E-state index in [1.54, 1.807) is 12.3 Å². The highest BCUT2D eigenvalue weighted by molar-refractivity contribution is 7.18. The van der Waals surface area contributed by atoms with Crippen LogP contribution in [-0.4, -0.2) is 22.1 Å². The lowest BCUT2D eigenvalue weighted by molar-refractivity contribution is 0.0960. The Labute approximate surface area is 159 Å². The van der Waals surface area contributed by atoms with Gasteiger partial charge < -0.3 is 5.73 Å². The smallest absolute Gasteiger partial charge is 0.283 e. The molecule has 7 heteroatoms. The summed E-state index contributed by atoms with van der Waals surface area (Å²) in [5.74, 6) is -0.357. The summed E-state index contributed by atoms with van der Waals surface area (Å²) in [5.41, 5.74) is 12.1. The van der Waals surface area contributed by atoms with E-state index in [0.29, 0.717) is 16.3 Å². The molecule has 2 aromatic carbocycles. The average molecular weight is 373 g/mol. The molecule has 0 unspecified atom stereocenters. The number of rotatable bonds is 4. The Morgan fingerprint density at radius 1 is 1.07 bits per heavy atom. The van der Waals surface area contributed by atoms with E-state index in [-0.39, 0.29) is 5.91 Å². The summed E-state index contributed by atoms with van der Waals surface area (Å²) < 4.78 is 0. The van der Waals surface area contributed by atoms with Crippen molar-refractivity contribution in [1.29, 1.82) is 0 Å². The Morgan fingerprint density at radius 3 is 2.63 bits per heavy atom. The van der Waals surface area contributed by atoms with E-state index < -0.39 is 0 Å². The number of nitrogens with one attached hydrogen (secondary N) is 1. The SMILES string of the molecule is Nc1cc(-c2ccccc2)sc1C(=O)N/N=C\c1cnc2ccccc2n1. The van der Waals surface area contributed by atoms with Gasteiger partial charge in [0.05, 0.1) is 29.1 Å². The highest BCUT2D eigenvalue weighted by Crippen LogP contribution is 2.32. The van der Waals surface area contributed by atoms with Crippen molar-refractivity contribution in [3.05, 3.63) is 77.4 Å². The molecule has 0 spiro atoms. The number of benzene rings is 2. The Morgan fingerprint density at radius 2 is 1.81 bits per heavy atom. The van der Waals surface area contributed by atoms with Gasteiger partial charge in [-0.05, 0) is 23.8 Å². The summed E-state index contributed by atoms with van der Waals surface area (Å²) in [6, 6.07) is 19.1. The van der Waals surface area contributed by atoms with Gasteiger partial charge in [-0.3, -0.25) is 9.78 Å². The first kappa shape index (κ1) is 16.9. The fourth-order valence-electron chi connectivity index (χ4n) is 2.57. The molecular weight excluding hydrogens is 358 g/mol. The highest BCUT2D eigenvalue weighted by atomic mass is 32.1. The number of nitrogen functional groups attached to an aromatic ring is 1. The van der Waals surface area contributed by atoms with E-state index in [2.05, 4.69) is 20.5 Å². The number of thiophene rings is 1. The van der Waals surface area contributed by atoms with Crippen molar-refractivity contribution < 1.29 is 4.79 Å². The molecule has 0 radical (unpaired) electrons.